The lowest BCUT2D eigenvalue weighted by Crippen LogP contribution is -2.65. The fraction of sp³-hybridized carbons (Fsp3) is 0.533. The van der Waals surface area contributed by atoms with Gasteiger partial charge in [0.05, 0.1) is 18.2 Å². The van der Waals surface area contributed by atoms with Crippen LogP contribution in [0.25, 0.3) is 0 Å². The van der Waals surface area contributed by atoms with E-state index in [2.05, 4.69) is 17.1 Å². The van der Waals surface area contributed by atoms with E-state index in [1.807, 2.05) is 0 Å². The second-order valence-corrected chi connectivity index (χ2v) is 5.89. The minimum Gasteiger partial charge on any atom is -0.370 e. The maximum absolute atomic E-state index is 13.7. The Bertz CT molecular complexity index is 578. The zero-order valence-electron chi connectivity index (χ0n) is 11.8. The first-order chi connectivity index (χ1) is 10.0. The molecule has 0 aliphatic carbocycles. The number of halogens is 2. The summed E-state index contributed by atoms with van der Waals surface area (Å²) in [5.41, 5.74) is -0.163. The van der Waals surface area contributed by atoms with Crippen LogP contribution in [-0.2, 0) is 4.74 Å². The zero-order valence-corrected chi connectivity index (χ0v) is 11.8. The Morgan fingerprint density at radius 2 is 2.14 bits per heavy atom. The van der Waals surface area contributed by atoms with Gasteiger partial charge in [-0.3, -0.25) is 4.90 Å². The normalized spacial score (nSPS) is 29.7. The van der Waals surface area contributed by atoms with Gasteiger partial charge < -0.3 is 10.1 Å². The number of rotatable bonds is 1. The van der Waals surface area contributed by atoms with E-state index >= 15 is 0 Å². The van der Waals surface area contributed by atoms with Crippen LogP contribution in [0.2, 0.25) is 0 Å². The van der Waals surface area contributed by atoms with Crippen LogP contribution < -0.4 is 5.32 Å². The SMILES string of the molecule is C[C@]12CNCCN1C[C@H](c1cc(F)c(C#N)c(F)c1)OC2. The fourth-order valence-corrected chi connectivity index (χ4v) is 3.03. The van der Waals surface area contributed by atoms with Crippen molar-refractivity contribution < 1.29 is 13.5 Å². The maximum Gasteiger partial charge on any atom is 0.144 e. The highest BCUT2D eigenvalue weighted by Crippen LogP contribution is 2.32. The molecule has 0 aromatic heterocycles. The number of hydrogen-bond donors (Lipinski definition) is 1. The molecular weight excluding hydrogens is 276 g/mol. The summed E-state index contributed by atoms with van der Waals surface area (Å²) >= 11 is 0. The first kappa shape index (κ1) is 14.4. The third kappa shape index (κ3) is 2.53. The van der Waals surface area contributed by atoms with E-state index in [-0.39, 0.29) is 11.6 Å². The number of ether oxygens (including phenoxy) is 1. The van der Waals surface area contributed by atoms with Gasteiger partial charge in [0, 0.05) is 26.2 Å². The molecule has 4 nitrogen and oxygen atoms in total. The number of nitrogens with zero attached hydrogens (tertiary/aromatic N) is 2. The number of nitriles is 1. The zero-order chi connectivity index (χ0) is 15.0. The Hall–Kier alpha value is -1.55. The summed E-state index contributed by atoms with van der Waals surface area (Å²) in [5, 5.41) is 12.0. The maximum atomic E-state index is 13.7. The third-order valence-corrected chi connectivity index (χ3v) is 4.36. The molecule has 0 bridgehead atoms. The van der Waals surface area contributed by atoms with Gasteiger partial charge in [0.1, 0.15) is 23.3 Å². The molecule has 0 amide bonds. The highest BCUT2D eigenvalue weighted by atomic mass is 19.1. The summed E-state index contributed by atoms with van der Waals surface area (Å²) in [6.07, 6.45) is -0.368. The highest BCUT2D eigenvalue weighted by Gasteiger charge is 2.40. The predicted octanol–water partition coefficient (Wildman–Crippen LogP) is 1.57. The Balaban J connectivity index is 1.84. The number of nitrogens with one attached hydrogen (secondary N) is 1. The lowest BCUT2D eigenvalue weighted by atomic mass is 9.94. The van der Waals surface area contributed by atoms with Gasteiger partial charge in [-0.15, -0.1) is 0 Å². The van der Waals surface area contributed by atoms with E-state index in [1.54, 1.807) is 0 Å². The van der Waals surface area contributed by atoms with Gasteiger partial charge in [-0.1, -0.05) is 0 Å². The smallest absolute Gasteiger partial charge is 0.144 e. The summed E-state index contributed by atoms with van der Waals surface area (Å²) in [6.45, 7) is 5.86. The van der Waals surface area contributed by atoms with E-state index in [0.29, 0.717) is 18.7 Å². The second-order valence-electron chi connectivity index (χ2n) is 5.89. The van der Waals surface area contributed by atoms with E-state index in [1.165, 1.54) is 18.2 Å². The van der Waals surface area contributed by atoms with E-state index in [0.717, 1.165) is 19.6 Å². The molecule has 1 aromatic carbocycles. The number of fused-ring (bicyclic) bond motifs is 1. The Morgan fingerprint density at radius 1 is 1.43 bits per heavy atom. The summed E-state index contributed by atoms with van der Waals surface area (Å²) in [7, 11) is 0. The van der Waals surface area contributed by atoms with E-state index in [9.17, 15) is 8.78 Å². The van der Waals surface area contributed by atoms with Crippen LogP contribution in [-0.4, -0.2) is 43.2 Å². The third-order valence-electron chi connectivity index (χ3n) is 4.36. The van der Waals surface area contributed by atoms with Crippen molar-refractivity contribution in [1.82, 2.24) is 10.2 Å². The number of hydrogen-bond acceptors (Lipinski definition) is 4. The van der Waals surface area contributed by atoms with Gasteiger partial charge in [0.2, 0.25) is 0 Å². The number of piperazine rings is 1. The quantitative estimate of drug-likeness (QED) is 0.854. The molecule has 2 aliphatic rings. The molecule has 1 N–H and O–H groups in total. The van der Waals surface area contributed by atoms with Gasteiger partial charge >= 0.3 is 0 Å². The lowest BCUT2D eigenvalue weighted by Gasteiger charge is -2.50. The van der Waals surface area contributed by atoms with Crippen LogP contribution >= 0.6 is 0 Å². The monoisotopic (exact) mass is 293 g/mol. The average Bonchev–Trinajstić information content (AvgIpc) is 2.46. The molecular formula is C15H17F2N3O. The predicted molar refractivity (Wildman–Crippen MR) is 72.6 cm³/mol. The molecule has 2 fully saturated rings. The van der Waals surface area contributed by atoms with Crippen molar-refractivity contribution in [2.45, 2.75) is 18.6 Å². The van der Waals surface area contributed by atoms with Crippen molar-refractivity contribution in [2.24, 2.45) is 0 Å². The van der Waals surface area contributed by atoms with Crippen molar-refractivity contribution >= 4 is 0 Å². The molecule has 0 radical (unpaired) electrons. The molecule has 1 aromatic rings. The summed E-state index contributed by atoms with van der Waals surface area (Å²) < 4.78 is 33.3. The molecule has 6 heteroatoms. The Kier molecular flexibility index (Phi) is 3.66. The van der Waals surface area contributed by atoms with E-state index < -0.39 is 17.2 Å². The Morgan fingerprint density at radius 3 is 2.81 bits per heavy atom. The average molecular weight is 293 g/mol. The molecule has 112 valence electrons. The van der Waals surface area contributed by atoms with Crippen LogP contribution in [0.1, 0.15) is 24.2 Å². The van der Waals surface area contributed by atoms with Crippen LogP contribution in [0.5, 0.6) is 0 Å². The first-order valence-electron chi connectivity index (χ1n) is 7.00. The summed E-state index contributed by atoms with van der Waals surface area (Å²) in [6, 6.07) is 3.95. The van der Waals surface area contributed by atoms with Crippen LogP contribution in [0, 0.1) is 23.0 Å². The standard InChI is InChI=1S/C15H17F2N3O/c1-15-8-19-2-3-20(15)7-14(21-9-15)10-4-12(16)11(6-18)13(17)5-10/h4-5,14,19H,2-3,7-9H2,1H3/t14-,15-/m1/s1. The fourth-order valence-electron chi connectivity index (χ4n) is 3.03. The van der Waals surface area contributed by atoms with Crippen LogP contribution in [0.4, 0.5) is 8.78 Å². The highest BCUT2D eigenvalue weighted by molar-refractivity contribution is 5.36. The molecule has 2 atom stereocenters. The van der Waals surface area contributed by atoms with Gasteiger partial charge in [-0.2, -0.15) is 5.26 Å². The molecule has 21 heavy (non-hydrogen) atoms. The molecule has 0 spiro atoms. The molecule has 2 aliphatic heterocycles. The van der Waals surface area contributed by atoms with Gasteiger partial charge in [-0.05, 0) is 24.6 Å². The minimum atomic E-state index is -0.829. The van der Waals surface area contributed by atoms with Gasteiger partial charge in [-0.25, -0.2) is 8.78 Å². The molecule has 3 rings (SSSR count). The molecule has 0 saturated carbocycles. The van der Waals surface area contributed by atoms with Crippen molar-refractivity contribution in [1.29, 1.82) is 5.26 Å². The molecule has 2 heterocycles. The largest absolute Gasteiger partial charge is 0.370 e. The van der Waals surface area contributed by atoms with E-state index in [4.69, 9.17) is 10.00 Å². The number of benzene rings is 1. The summed E-state index contributed by atoms with van der Waals surface area (Å²) in [5.74, 6) is -1.66. The first-order valence-corrected chi connectivity index (χ1v) is 7.00. The molecule has 2 saturated heterocycles. The van der Waals surface area contributed by atoms with Crippen LogP contribution in [0.15, 0.2) is 12.1 Å². The van der Waals surface area contributed by atoms with Crippen molar-refractivity contribution in [3.8, 4) is 6.07 Å². The number of morpholine rings is 1. The Labute approximate surface area is 122 Å². The second kappa shape index (κ2) is 5.34. The van der Waals surface area contributed by atoms with Crippen molar-refractivity contribution in [2.75, 3.05) is 32.8 Å². The molecule has 0 unspecified atom stereocenters. The van der Waals surface area contributed by atoms with Gasteiger partial charge in [0.15, 0.2) is 0 Å². The van der Waals surface area contributed by atoms with Crippen molar-refractivity contribution in [3.63, 3.8) is 0 Å². The van der Waals surface area contributed by atoms with Crippen molar-refractivity contribution in [3.05, 3.63) is 34.9 Å². The van der Waals surface area contributed by atoms with Gasteiger partial charge in [0.25, 0.3) is 0 Å². The summed E-state index contributed by atoms with van der Waals surface area (Å²) in [4.78, 5) is 2.30. The van der Waals surface area contributed by atoms with Crippen LogP contribution in [0.3, 0.4) is 0 Å². The topological polar surface area (TPSA) is 48.3 Å². The minimum absolute atomic E-state index is 0.0710. The lowest BCUT2D eigenvalue weighted by molar-refractivity contribution is -0.115.